The molecule has 0 saturated heterocycles. The fourth-order valence-electron chi connectivity index (χ4n) is 4.21. The van der Waals surface area contributed by atoms with Gasteiger partial charge in [0, 0.05) is 25.7 Å². The highest BCUT2D eigenvalue weighted by Gasteiger charge is 2.31. The van der Waals surface area contributed by atoms with Crippen molar-refractivity contribution in [1.29, 1.82) is 0 Å². The second-order valence-electron chi connectivity index (χ2n) is 9.28. The van der Waals surface area contributed by atoms with Gasteiger partial charge < -0.3 is 10.1 Å². The largest absolute Gasteiger partial charge is 0.449 e. The number of carbonyl (C=O) groups excluding carboxylic acids is 2. The fourth-order valence-corrected chi connectivity index (χ4v) is 4.21. The van der Waals surface area contributed by atoms with Gasteiger partial charge in [0.1, 0.15) is 12.4 Å². The Morgan fingerprint density at radius 3 is 2.57 bits per heavy atom. The Bertz CT molecular complexity index is 1260. The number of para-hydroxylation sites is 2. The first-order valence-corrected chi connectivity index (χ1v) is 12.5. The summed E-state index contributed by atoms with van der Waals surface area (Å²) in [6.07, 6.45) is 2.27. The van der Waals surface area contributed by atoms with E-state index in [0.29, 0.717) is 29.6 Å². The van der Waals surface area contributed by atoms with E-state index in [1.807, 2.05) is 18.2 Å². The molecule has 192 valence electrons. The number of benzene rings is 3. The number of halogens is 1. The number of anilines is 1. The van der Waals surface area contributed by atoms with Gasteiger partial charge in [0.05, 0.1) is 5.69 Å². The van der Waals surface area contributed by atoms with Gasteiger partial charge in [-0.2, -0.15) is 0 Å². The number of hydrogen-bond donors (Lipinski definition) is 1. The molecule has 2 amide bonds. The van der Waals surface area contributed by atoms with Crippen LogP contribution < -0.4 is 15.0 Å². The fraction of sp³-hybridized carbons (Fsp3) is 0.267. The Labute approximate surface area is 217 Å². The molecule has 7 heteroatoms. The van der Waals surface area contributed by atoms with E-state index in [0.717, 1.165) is 19.5 Å². The molecule has 0 bridgehead atoms. The maximum Gasteiger partial charge on any atom is 0.294 e. The van der Waals surface area contributed by atoms with Gasteiger partial charge in [-0.05, 0) is 61.7 Å². The lowest BCUT2D eigenvalue weighted by atomic mass is 10.1. The Morgan fingerprint density at radius 2 is 1.81 bits per heavy atom. The van der Waals surface area contributed by atoms with Crippen LogP contribution in [0.2, 0.25) is 0 Å². The SMILES string of the molecule is CC(C)N(CCCNC(=O)CN1C(=O)C(=Cc2cccc(F)c2)Oc2ccccc21)Cc1ccccc1. The average molecular weight is 502 g/mol. The highest BCUT2D eigenvalue weighted by atomic mass is 19.1. The van der Waals surface area contributed by atoms with Crippen molar-refractivity contribution in [1.82, 2.24) is 10.2 Å². The third-order valence-electron chi connectivity index (χ3n) is 6.18. The molecule has 1 N–H and O–H groups in total. The van der Waals surface area contributed by atoms with Crippen molar-refractivity contribution in [2.75, 3.05) is 24.5 Å². The highest BCUT2D eigenvalue weighted by Crippen LogP contribution is 2.35. The molecule has 0 unspecified atom stereocenters. The first-order chi connectivity index (χ1) is 17.9. The molecule has 1 heterocycles. The van der Waals surface area contributed by atoms with E-state index in [2.05, 4.69) is 36.2 Å². The molecule has 0 radical (unpaired) electrons. The Morgan fingerprint density at radius 1 is 1.05 bits per heavy atom. The molecule has 0 fully saturated rings. The van der Waals surface area contributed by atoms with Crippen LogP contribution in [0.25, 0.3) is 6.08 Å². The summed E-state index contributed by atoms with van der Waals surface area (Å²) in [5.41, 5.74) is 2.28. The Balaban J connectivity index is 1.37. The first-order valence-electron chi connectivity index (χ1n) is 12.5. The van der Waals surface area contributed by atoms with Gasteiger partial charge in [-0.25, -0.2) is 4.39 Å². The van der Waals surface area contributed by atoms with Gasteiger partial charge in [-0.1, -0.05) is 54.6 Å². The number of ether oxygens (including phenoxy) is 1. The lowest BCUT2D eigenvalue weighted by molar-refractivity contribution is -0.123. The number of amides is 2. The topological polar surface area (TPSA) is 61.9 Å². The molecule has 1 aliphatic rings. The minimum atomic E-state index is -0.452. The number of nitrogens with zero attached hydrogens (tertiary/aromatic N) is 2. The molecule has 37 heavy (non-hydrogen) atoms. The number of carbonyl (C=O) groups is 2. The maximum absolute atomic E-state index is 13.6. The summed E-state index contributed by atoms with van der Waals surface area (Å²) in [4.78, 5) is 29.8. The van der Waals surface area contributed by atoms with Crippen LogP contribution in [-0.2, 0) is 16.1 Å². The molecule has 3 aromatic rings. The van der Waals surface area contributed by atoms with Crippen molar-refractivity contribution < 1.29 is 18.7 Å². The van der Waals surface area contributed by atoms with Gasteiger partial charge in [-0.3, -0.25) is 19.4 Å². The number of rotatable bonds is 10. The van der Waals surface area contributed by atoms with Crippen LogP contribution in [0.4, 0.5) is 10.1 Å². The van der Waals surface area contributed by atoms with Crippen LogP contribution in [0.5, 0.6) is 5.75 Å². The molecular weight excluding hydrogens is 469 g/mol. The molecule has 4 rings (SSSR count). The van der Waals surface area contributed by atoms with Crippen molar-refractivity contribution in [3.63, 3.8) is 0 Å². The van der Waals surface area contributed by atoms with E-state index in [1.54, 1.807) is 36.4 Å². The van der Waals surface area contributed by atoms with Crippen molar-refractivity contribution in [2.24, 2.45) is 0 Å². The van der Waals surface area contributed by atoms with Crippen LogP contribution in [0, 0.1) is 5.82 Å². The predicted molar refractivity (Wildman–Crippen MR) is 143 cm³/mol. The standard InChI is InChI=1S/C30H32FN3O3/c1-22(2)33(20-23-10-4-3-5-11-23)17-9-16-32-29(35)21-34-26-14-6-7-15-27(26)37-28(30(34)36)19-24-12-8-13-25(31)18-24/h3-8,10-15,18-19,22H,9,16-17,20-21H2,1-2H3,(H,32,35). The van der Waals surface area contributed by atoms with Crippen LogP contribution in [0.3, 0.4) is 0 Å². The van der Waals surface area contributed by atoms with E-state index in [4.69, 9.17) is 4.74 Å². The molecule has 3 aromatic carbocycles. The summed E-state index contributed by atoms with van der Waals surface area (Å²) in [6, 6.07) is 23.7. The minimum Gasteiger partial charge on any atom is -0.449 e. The molecular formula is C30H32FN3O3. The van der Waals surface area contributed by atoms with Gasteiger partial charge >= 0.3 is 0 Å². The lowest BCUT2D eigenvalue weighted by Crippen LogP contribution is -2.44. The molecule has 0 aromatic heterocycles. The third-order valence-corrected chi connectivity index (χ3v) is 6.18. The molecule has 0 atom stereocenters. The van der Waals surface area contributed by atoms with E-state index in [9.17, 15) is 14.0 Å². The zero-order chi connectivity index (χ0) is 26.2. The van der Waals surface area contributed by atoms with Crippen LogP contribution in [0.1, 0.15) is 31.4 Å². The minimum absolute atomic E-state index is 0.0330. The van der Waals surface area contributed by atoms with E-state index < -0.39 is 11.7 Å². The van der Waals surface area contributed by atoms with Crippen molar-refractivity contribution in [3.05, 3.63) is 102 Å². The summed E-state index contributed by atoms with van der Waals surface area (Å²) in [7, 11) is 0. The second kappa shape index (κ2) is 12.3. The van der Waals surface area contributed by atoms with Crippen molar-refractivity contribution in [2.45, 2.75) is 32.9 Å². The van der Waals surface area contributed by atoms with Gasteiger partial charge in [0.2, 0.25) is 5.91 Å². The second-order valence-corrected chi connectivity index (χ2v) is 9.28. The van der Waals surface area contributed by atoms with Crippen LogP contribution in [-0.4, -0.2) is 42.4 Å². The Kier molecular flexibility index (Phi) is 8.69. The zero-order valence-corrected chi connectivity index (χ0v) is 21.2. The van der Waals surface area contributed by atoms with Gasteiger partial charge in [0.15, 0.2) is 11.5 Å². The summed E-state index contributed by atoms with van der Waals surface area (Å²) < 4.78 is 19.4. The number of hydrogen-bond acceptors (Lipinski definition) is 4. The van der Waals surface area contributed by atoms with Gasteiger partial charge in [-0.15, -0.1) is 0 Å². The number of fused-ring (bicyclic) bond motifs is 1. The molecule has 6 nitrogen and oxygen atoms in total. The van der Waals surface area contributed by atoms with E-state index in [-0.39, 0.29) is 18.2 Å². The van der Waals surface area contributed by atoms with E-state index in [1.165, 1.54) is 28.7 Å². The quantitative estimate of drug-likeness (QED) is 0.313. The van der Waals surface area contributed by atoms with Crippen LogP contribution >= 0.6 is 0 Å². The molecule has 0 saturated carbocycles. The monoisotopic (exact) mass is 501 g/mol. The summed E-state index contributed by atoms with van der Waals surface area (Å²) in [6.45, 7) is 6.38. The Hall–Kier alpha value is -3.97. The van der Waals surface area contributed by atoms with Crippen molar-refractivity contribution in [3.8, 4) is 5.75 Å². The first kappa shape index (κ1) is 26.1. The van der Waals surface area contributed by atoms with Gasteiger partial charge in [0.25, 0.3) is 5.91 Å². The van der Waals surface area contributed by atoms with Crippen molar-refractivity contribution >= 4 is 23.6 Å². The number of nitrogens with one attached hydrogen (secondary N) is 1. The molecule has 1 aliphatic heterocycles. The zero-order valence-electron chi connectivity index (χ0n) is 21.2. The average Bonchev–Trinajstić information content (AvgIpc) is 2.89. The van der Waals surface area contributed by atoms with Crippen LogP contribution in [0.15, 0.2) is 84.6 Å². The smallest absolute Gasteiger partial charge is 0.294 e. The summed E-state index contributed by atoms with van der Waals surface area (Å²) >= 11 is 0. The lowest BCUT2D eigenvalue weighted by Gasteiger charge is -2.30. The summed E-state index contributed by atoms with van der Waals surface area (Å²) in [5.74, 6) is -0.619. The summed E-state index contributed by atoms with van der Waals surface area (Å²) in [5, 5.41) is 2.94. The normalized spacial score (nSPS) is 14.1. The maximum atomic E-state index is 13.6. The predicted octanol–water partition coefficient (Wildman–Crippen LogP) is 5.01. The highest BCUT2D eigenvalue weighted by molar-refractivity contribution is 6.12. The third kappa shape index (κ3) is 7.05. The van der Waals surface area contributed by atoms with E-state index >= 15 is 0 Å². The molecule has 0 spiro atoms. The molecule has 0 aliphatic carbocycles.